The molecule has 0 fully saturated rings. The predicted molar refractivity (Wildman–Crippen MR) is 84.0 cm³/mol. The van der Waals surface area contributed by atoms with Gasteiger partial charge < -0.3 is 10.1 Å². The fourth-order valence-electron chi connectivity index (χ4n) is 2.07. The van der Waals surface area contributed by atoms with Crippen LogP contribution in [0.15, 0.2) is 54.6 Å². The SMILES string of the molecule is COCc1ccccc1CNC(=O)C(Cl)c1ccccc1. The van der Waals surface area contributed by atoms with Crippen molar-refractivity contribution in [1.29, 1.82) is 0 Å². The van der Waals surface area contributed by atoms with Crippen LogP contribution in [0.4, 0.5) is 0 Å². The molecule has 4 heteroatoms. The number of carbonyl (C=O) groups excluding carboxylic acids is 1. The number of benzene rings is 2. The lowest BCUT2D eigenvalue weighted by Crippen LogP contribution is -2.27. The van der Waals surface area contributed by atoms with Gasteiger partial charge in [0.15, 0.2) is 0 Å². The van der Waals surface area contributed by atoms with Crippen molar-refractivity contribution >= 4 is 17.5 Å². The third kappa shape index (κ3) is 4.31. The minimum atomic E-state index is -0.680. The van der Waals surface area contributed by atoms with Gasteiger partial charge in [0.2, 0.25) is 5.91 Å². The summed E-state index contributed by atoms with van der Waals surface area (Å²) in [6.07, 6.45) is 0. The van der Waals surface area contributed by atoms with E-state index in [1.165, 1.54) is 0 Å². The lowest BCUT2D eigenvalue weighted by Gasteiger charge is -2.13. The Morgan fingerprint density at radius 2 is 1.71 bits per heavy atom. The highest BCUT2D eigenvalue weighted by Gasteiger charge is 2.17. The molecule has 1 atom stereocenters. The van der Waals surface area contributed by atoms with Crippen LogP contribution in [0.5, 0.6) is 0 Å². The molecule has 0 spiro atoms. The van der Waals surface area contributed by atoms with Crippen LogP contribution in [0.1, 0.15) is 22.1 Å². The van der Waals surface area contributed by atoms with Gasteiger partial charge in [-0.3, -0.25) is 4.79 Å². The smallest absolute Gasteiger partial charge is 0.242 e. The lowest BCUT2D eigenvalue weighted by atomic mass is 10.1. The van der Waals surface area contributed by atoms with E-state index >= 15 is 0 Å². The highest BCUT2D eigenvalue weighted by atomic mass is 35.5. The molecule has 2 aromatic carbocycles. The van der Waals surface area contributed by atoms with E-state index in [9.17, 15) is 4.79 Å². The van der Waals surface area contributed by atoms with E-state index in [1.807, 2.05) is 54.6 Å². The number of methoxy groups -OCH3 is 1. The molecule has 0 aliphatic heterocycles. The number of hydrogen-bond acceptors (Lipinski definition) is 2. The summed E-state index contributed by atoms with van der Waals surface area (Å²) in [5.74, 6) is -0.199. The zero-order valence-corrected chi connectivity index (χ0v) is 12.6. The number of ether oxygens (including phenoxy) is 1. The molecule has 0 aromatic heterocycles. The summed E-state index contributed by atoms with van der Waals surface area (Å²) in [5, 5.41) is 2.19. The summed E-state index contributed by atoms with van der Waals surface area (Å²) >= 11 is 6.19. The van der Waals surface area contributed by atoms with E-state index in [0.717, 1.165) is 16.7 Å². The molecule has 0 radical (unpaired) electrons. The topological polar surface area (TPSA) is 38.3 Å². The minimum Gasteiger partial charge on any atom is -0.380 e. The Morgan fingerprint density at radius 1 is 1.10 bits per heavy atom. The first-order valence-electron chi connectivity index (χ1n) is 6.75. The van der Waals surface area contributed by atoms with Crippen molar-refractivity contribution in [1.82, 2.24) is 5.32 Å². The van der Waals surface area contributed by atoms with Crippen molar-refractivity contribution < 1.29 is 9.53 Å². The molecule has 0 bridgehead atoms. The zero-order valence-electron chi connectivity index (χ0n) is 11.9. The first-order valence-corrected chi connectivity index (χ1v) is 7.18. The number of rotatable bonds is 6. The first-order chi connectivity index (χ1) is 10.2. The molecule has 1 unspecified atom stereocenters. The van der Waals surface area contributed by atoms with Crippen LogP contribution >= 0.6 is 11.6 Å². The van der Waals surface area contributed by atoms with Crippen molar-refractivity contribution in [3.8, 4) is 0 Å². The van der Waals surface area contributed by atoms with Crippen LogP contribution in [0, 0.1) is 0 Å². The average Bonchev–Trinajstić information content (AvgIpc) is 2.54. The van der Waals surface area contributed by atoms with Gasteiger partial charge in [0, 0.05) is 13.7 Å². The van der Waals surface area contributed by atoms with Crippen molar-refractivity contribution in [2.75, 3.05) is 7.11 Å². The van der Waals surface area contributed by atoms with Crippen LogP contribution in [0.3, 0.4) is 0 Å². The predicted octanol–water partition coefficient (Wildman–Crippen LogP) is 3.43. The summed E-state index contributed by atoms with van der Waals surface area (Å²) in [6.45, 7) is 0.962. The summed E-state index contributed by atoms with van der Waals surface area (Å²) in [7, 11) is 1.65. The molecule has 2 rings (SSSR count). The van der Waals surface area contributed by atoms with Gasteiger partial charge in [-0.05, 0) is 16.7 Å². The van der Waals surface area contributed by atoms with Gasteiger partial charge in [0.1, 0.15) is 5.38 Å². The highest BCUT2D eigenvalue weighted by molar-refractivity contribution is 6.30. The molecule has 110 valence electrons. The van der Waals surface area contributed by atoms with Crippen molar-refractivity contribution in [3.05, 3.63) is 71.3 Å². The Labute approximate surface area is 129 Å². The van der Waals surface area contributed by atoms with Gasteiger partial charge in [-0.15, -0.1) is 11.6 Å². The minimum absolute atomic E-state index is 0.199. The van der Waals surface area contributed by atoms with E-state index in [4.69, 9.17) is 16.3 Å². The molecule has 0 saturated heterocycles. The number of carbonyl (C=O) groups is 1. The van der Waals surface area contributed by atoms with Gasteiger partial charge in [-0.25, -0.2) is 0 Å². The van der Waals surface area contributed by atoms with E-state index in [2.05, 4.69) is 5.32 Å². The number of amides is 1. The van der Waals surface area contributed by atoms with Crippen molar-refractivity contribution in [3.63, 3.8) is 0 Å². The number of halogens is 1. The number of alkyl halides is 1. The second-order valence-electron chi connectivity index (χ2n) is 4.69. The monoisotopic (exact) mass is 303 g/mol. The maximum atomic E-state index is 12.1. The van der Waals surface area contributed by atoms with Crippen molar-refractivity contribution in [2.45, 2.75) is 18.5 Å². The summed E-state index contributed by atoms with van der Waals surface area (Å²) in [6, 6.07) is 17.2. The number of hydrogen-bond donors (Lipinski definition) is 1. The second kappa shape index (κ2) is 7.81. The molecule has 0 aliphatic rings. The average molecular weight is 304 g/mol. The Kier molecular flexibility index (Phi) is 5.78. The lowest BCUT2D eigenvalue weighted by molar-refractivity contribution is -0.121. The third-order valence-electron chi connectivity index (χ3n) is 3.19. The van der Waals surface area contributed by atoms with Crippen molar-refractivity contribution in [2.24, 2.45) is 0 Å². The Morgan fingerprint density at radius 3 is 2.38 bits per heavy atom. The van der Waals surface area contributed by atoms with Gasteiger partial charge in [-0.1, -0.05) is 54.6 Å². The maximum Gasteiger partial charge on any atom is 0.242 e. The van der Waals surface area contributed by atoms with Gasteiger partial charge in [-0.2, -0.15) is 0 Å². The molecule has 0 heterocycles. The van der Waals surface area contributed by atoms with Crippen LogP contribution in [0.25, 0.3) is 0 Å². The van der Waals surface area contributed by atoms with E-state index in [0.29, 0.717) is 13.2 Å². The fourth-order valence-corrected chi connectivity index (χ4v) is 2.29. The largest absolute Gasteiger partial charge is 0.380 e. The highest BCUT2D eigenvalue weighted by Crippen LogP contribution is 2.20. The van der Waals surface area contributed by atoms with Crippen LogP contribution in [-0.4, -0.2) is 13.0 Å². The second-order valence-corrected chi connectivity index (χ2v) is 5.13. The standard InChI is InChI=1S/C17H18ClNO2/c1-21-12-15-10-6-5-9-14(15)11-19-17(20)16(18)13-7-3-2-4-8-13/h2-10,16H,11-12H2,1H3,(H,19,20). The molecule has 3 nitrogen and oxygen atoms in total. The Balaban J connectivity index is 1.98. The molecule has 2 aromatic rings. The van der Waals surface area contributed by atoms with Crippen LogP contribution < -0.4 is 5.32 Å². The number of nitrogens with one attached hydrogen (secondary N) is 1. The maximum absolute atomic E-state index is 12.1. The normalized spacial score (nSPS) is 11.9. The quantitative estimate of drug-likeness (QED) is 0.830. The molecule has 1 amide bonds. The third-order valence-corrected chi connectivity index (χ3v) is 3.64. The molecular weight excluding hydrogens is 286 g/mol. The van der Waals surface area contributed by atoms with Gasteiger partial charge >= 0.3 is 0 Å². The fraction of sp³-hybridized carbons (Fsp3) is 0.235. The molecular formula is C17H18ClNO2. The van der Waals surface area contributed by atoms with Crippen LogP contribution in [-0.2, 0) is 22.7 Å². The van der Waals surface area contributed by atoms with Gasteiger partial charge in [0.25, 0.3) is 0 Å². The molecule has 21 heavy (non-hydrogen) atoms. The van der Waals surface area contributed by atoms with Gasteiger partial charge in [0.05, 0.1) is 6.61 Å². The molecule has 0 aliphatic carbocycles. The van der Waals surface area contributed by atoms with E-state index in [-0.39, 0.29) is 5.91 Å². The Hall–Kier alpha value is -1.84. The zero-order chi connectivity index (χ0) is 15.1. The Bertz CT molecular complexity index is 586. The summed E-state index contributed by atoms with van der Waals surface area (Å²) in [5.41, 5.74) is 2.89. The van der Waals surface area contributed by atoms with E-state index < -0.39 is 5.38 Å². The van der Waals surface area contributed by atoms with E-state index in [1.54, 1.807) is 7.11 Å². The molecule has 0 saturated carbocycles. The van der Waals surface area contributed by atoms with Crippen LogP contribution in [0.2, 0.25) is 0 Å². The molecule has 1 N–H and O–H groups in total. The summed E-state index contributed by atoms with van der Waals surface area (Å²) in [4.78, 5) is 12.1. The summed E-state index contributed by atoms with van der Waals surface area (Å²) < 4.78 is 5.15. The first kappa shape index (κ1) is 15.5.